The second kappa shape index (κ2) is 5.00. The van der Waals surface area contributed by atoms with Gasteiger partial charge in [-0.05, 0) is 24.3 Å². The summed E-state index contributed by atoms with van der Waals surface area (Å²) in [6.45, 7) is -0.00602. The van der Waals surface area contributed by atoms with E-state index >= 15 is 0 Å². The van der Waals surface area contributed by atoms with Crippen LogP contribution in [0.5, 0.6) is 0 Å². The van der Waals surface area contributed by atoms with Crippen LogP contribution >= 0.6 is 0 Å². The highest BCUT2D eigenvalue weighted by molar-refractivity contribution is 6.12. The third kappa shape index (κ3) is 2.31. The van der Waals surface area contributed by atoms with Crippen LogP contribution in [-0.4, -0.2) is 23.5 Å². The molecule has 6 nitrogen and oxygen atoms in total. The number of carbonyl (C=O) groups is 2. The normalized spacial score (nSPS) is 13.4. The number of amides is 3. The van der Waals surface area contributed by atoms with Gasteiger partial charge in [0.25, 0.3) is 0 Å². The maximum absolute atomic E-state index is 12.3. The lowest BCUT2D eigenvalue weighted by atomic mass is 10.2. The molecular weight excluding hydrogens is 256 g/mol. The van der Waals surface area contributed by atoms with Crippen molar-refractivity contribution >= 4 is 29.0 Å². The number of hydrogen-bond acceptors (Lipinski definition) is 3. The Kier molecular flexibility index (Phi) is 3.04. The first-order valence-electron chi connectivity index (χ1n) is 6.11. The van der Waals surface area contributed by atoms with Gasteiger partial charge in [0.05, 0.1) is 11.4 Å². The number of fused-ring (bicyclic) bond motifs is 1. The van der Waals surface area contributed by atoms with Gasteiger partial charge in [-0.3, -0.25) is 14.7 Å². The molecule has 0 atom stereocenters. The summed E-state index contributed by atoms with van der Waals surface area (Å²) >= 11 is 0. The van der Waals surface area contributed by atoms with Crippen LogP contribution in [-0.2, 0) is 4.79 Å². The standard InChI is InChI=1S/C14H12N4O2/c19-13-9-18(12-4-2-1-3-11(12)17-13)14(20)16-10-5-7-15-8-6-10/h1-8H,9H2,(H,17,19)(H,15,16,20). The van der Waals surface area contributed by atoms with Gasteiger partial charge in [-0.1, -0.05) is 12.1 Å². The fraction of sp³-hybridized carbons (Fsp3) is 0.0714. The van der Waals surface area contributed by atoms with Crippen LogP contribution in [0.1, 0.15) is 0 Å². The van der Waals surface area contributed by atoms with Crippen molar-refractivity contribution in [3.05, 3.63) is 48.8 Å². The molecule has 0 spiro atoms. The Morgan fingerprint density at radius 1 is 1.20 bits per heavy atom. The fourth-order valence-electron chi connectivity index (χ4n) is 2.04. The third-order valence-corrected chi connectivity index (χ3v) is 2.95. The van der Waals surface area contributed by atoms with Gasteiger partial charge >= 0.3 is 6.03 Å². The highest BCUT2D eigenvalue weighted by Crippen LogP contribution is 2.29. The molecule has 2 aromatic rings. The van der Waals surface area contributed by atoms with Gasteiger partial charge in [0.2, 0.25) is 5.91 Å². The van der Waals surface area contributed by atoms with Gasteiger partial charge in [-0.15, -0.1) is 0 Å². The van der Waals surface area contributed by atoms with Crippen LogP contribution in [0.3, 0.4) is 0 Å². The first kappa shape index (κ1) is 12.2. The summed E-state index contributed by atoms with van der Waals surface area (Å²) in [7, 11) is 0. The predicted molar refractivity (Wildman–Crippen MR) is 75.7 cm³/mol. The van der Waals surface area contributed by atoms with Crippen LogP contribution in [0.25, 0.3) is 0 Å². The monoisotopic (exact) mass is 268 g/mol. The molecule has 1 aromatic carbocycles. The molecule has 1 aromatic heterocycles. The average molecular weight is 268 g/mol. The number of anilines is 3. The Balaban J connectivity index is 1.87. The van der Waals surface area contributed by atoms with E-state index in [1.165, 1.54) is 4.90 Å². The number of benzene rings is 1. The van der Waals surface area contributed by atoms with E-state index in [4.69, 9.17) is 0 Å². The van der Waals surface area contributed by atoms with E-state index in [1.807, 2.05) is 12.1 Å². The summed E-state index contributed by atoms with van der Waals surface area (Å²) in [6.07, 6.45) is 3.18. The minimum Gasteiger partial charge on any atom is -0.323 e. The number of carbonyl (C=O) groups excluding carboxylic acids is 2. The first-order valence-corrected chi connectivity index (χ1v) is 6.11. The lowest BCUT2D eigenvalue weighted by Gasteiger charge is -2.29. The summed E-state index contributed by atoms with van der Waals surface area (Å²) in [5.41, 5.74) is 1.95. The maximum Gasteiger partial charge on any atom is 0.326 e. The maximum atomic E-state index is 12.3. The van der Waals surface area contributed by atoms with Gasteiger partial charge in [-0.2, -0.15) is 0 Å². The molecule has 2 heterocycles. The van der Waals surface area contributed by atoms with E-state index in [-0.39, 0.29) is 18.5 Å². The quantitative estimate of drug-likeness (QED) is 0.831. The lowest BCUT2D eigenvalue weighted by molar-refractivity contribution is -0.115. The SMILES string of the molecule is O=C1CN(C(=O)Nc2ccncc2)c2ccccc2N1. The number of rotatable bonds is 1. The molecule has 0 saturated carbocycles. The number of hydrogen-bond donors (Lipinski definition) is 2. The molecule has 6 heteroatoms. The number of para-hydroxylation sites is 2. The van der Waals surface area contributed by atoms with E-state index in [9.17, 15) is 9.59 Å². The minimum atomic E-state index is -0.349. The molecule has 1 aliphatic heterocycles. The van der Waals surface area contributed by atoms with E-state index < -0.39 is 0 Å². The van der Waals surface area contributed by atoms with Gasteiger partial charge in [-0.25, -0.2) is 4.79 Å². The highest BCUT2D eigenvalue weighted by Gasteiger charge is 2.26. The summed E-state index contributed by atoms with van der Waals surface area (Å²) < 4.78 is 0. The molecule has 3 amide bonds. The van der Waals surface area contributed by atoms with E-state index in [0.717, 1.165) is 0 Å². The predicted octanol–water partition coefficient (Wildman–Crippen LogP) is 2.07. The summed E-state index contributed by atoms with van der Waals surface area (Å²) in [4.78, 5) is 29.2. The first-order chi connectivity index (χ1) is 9.74. The second-order valence-electron chi connectivity index (χ2n) is 4.32. The second-order valence-corrected chi connectivity index (χ2v) is 4.32. The molecule has 2 N–H and O–H groups in total. The number of nitrogens with zero attached hydrogens (tertiary/aromatic N) is 2. The Hall–Kier alpha value is -2.89. The van der Waals surface area contributed by atoms with Crippen molar-refractivity contribution in [3.63, 3.8) is 0 Å². The van der Waals surface area contributed by atoms with Crippen molar-refractivity contribution in [2.75, 3.05) is 22.1 Å². The topological polar surface area (TPSA) is 74.3 Å². The zero-order valence-electron chi connectivity index (χ0n) is 10.5. The zero-order chi connectivity index (χ0) is 13.9. The molecule has 20 heavy (non-hydrogen) atoms. The molecule has 0 radical (unpaired) electrons. The third-order valence-electron chi connectivity index (χ3n) is 2.95. The van der Waals surface area contributed by atoms with Crippen molar-refractivity contribution in [1.29, 1.82) is 0 Å². The minimum absolute atomic E-state index is 0.00602. The van der Waals surface area contributed by atoms with Crippen LogP contribution in [0, 0.1) is 0 Å². The van der Waals surface area contributed by atoms with Crippen molar-refractivity contribution in [2.24, 2.45) is 0 Å². The van der Waals surface area contributed by atoms with Gasteiger partial charge in [0.1, 0.15) is 6.54 Å². The van der Waals surface area contributed by atoms with Gasteiger partial charge in [0.15, 0.2) is 0 Å². The van der Waals surface area contributed by atoms with Crippen molar-refractivity contribution in [1.82, 2.24) is 4.98 Å². The smallest absolute Gasteiger partial charge is 0.323 e. The molecular formula is C14H12N4O2. The zero-order valence-corrected chi connectivity index (χ0v) is 10.5. The van der Waals surface area contributed by atoms with Crippen molar-refractivity contribution in [3.8, 4) is 0 Å². The Morgan fingerprint density at radius 2 is 1.95 bits per heavy atom. The number of aromatic nitrogens is 1. The Labute approximate surface area is 115 Å². The molecule has 0 unspecified atom stereocenters. The largest absolute Gasteiger partial charge is 0.326 e. The van der Waals surface area contributed by atoms with Crippen molar-refractivity contribution in [2.45, 2.75) is 0 Å². The summed E-state index contributed by atoms with van der Waals surface area (Å²) in [6, 6.07) is 10.2. The highest BCUT2D eigenvalue weighted by atomic mass is 16.2. The Bertz CT molecular complexity index is 657. The summed E-state index contributed by atoms with van der Waals surface area (Å²) in [5.74, 6) is -0.214. The average Bonchev–Trinajstić information content (AvgIpc) is 2.47. The molecule has 3 rings (SSSR count). The molecule has 100 valence electrons. The van der Waals surface area contributed by atoms with Gasteiger partial charge in [0, 0.05) is 18.1 Å². The van der Waals surface area contributed by atoms with Gasteiger partial charge < -0.3 is 10.6 Å². The van der Waals surface area contributed by atoms with E-state index in [0.29, 0.717) is 17.1 Å². The van der Waals surface area contributed by atoms with E-state index in [1.54, 1.807) is 36.7 Å². The van der Waals surface area contributed by atoms with Crippen molar-refractivity contribution < 1.29 is 9.59 Å². The van der Waals surface area contributed by atoms with Crippen LogP contribution < -0.4 is 15.5 Å². The fourth-order valence-corrected chi connectivity index (χ4v) is 2.04. The van der Waals surface area contributed by atoms with Crippen LogP contribution in [0.2, 0.25) is 0 Å². The van der Waals surface area contributed by atoms with E-state index in [2.05, 4.69) is 15.6 Å². The molecule has 1 aliphatic rings. The number of urea groups is 1. The molecule has 0 aliphatic carbocycles. The van der Waals surface area contributed by atoms with Crippen LogP contribution in [0.4, 0.5) is 21.9 Å². The summed E-state index contributed by atoms with van der Waals surface area (Å²) in [5, 5.41) is 5.48. The molecule has 0 saturated heterocycles. The molecule has 0 fully saturated rings. The number of pyridine rings is 1. The Morgan fingerprint density at radius 3 is 2.75 bits per heavy atom. The molecule has 0 bridgehead atoms. The van der Waals surface area contributed by atoms with Crippen LogP contribution in [0.15, 0.2) is 48.8 Å². The number of nitrogens with one attached hydrogen (secondary N) is 2. The lowest BCUT2D eigenvalue weighted by Crippen LogP contribution is -2.44.